The summed E-state index contributed by atoms with van der Waals surface area (Å²) in [5, 5.41) is 13.0. The molecule has 2 rings (SSSR count). The fraction of sp³-hybridized carbons (Fsp3) is 0.938. The number of carbonyl (C=O) groups is 1. The molecule has 2 N–H and O–H groups in total. The standard InChI is InChI=1S/C16H31N3O3/c1-16(2,3)22-15(21)17-13-6-5-12(20)11-14(13)19-9-7-18(4)8-10-19/h12-14,20H,5-11H2,1-4H3,(H,17,21). The Morgan fingerprint density at radius 1 is 1.18 bits per heavy atom. The minimum atomic E-state index is -0.485. The molecule has 2 fully saturated rings. The van der Waals surface area contributed by atoms with Crippen LogP contribution in [0.1, 0.15) is 40.0 Å². The Balaban J connectivity index is 1.96. The highest BCUT2D eigenvalue weighted by Gasteiger charge is 2.36. The summed E-state index contributed by atoms with van der Waals surface area (Å²) in [6.07, 6.45) is 1.65. The van der Waals surface area contributed by atoms with Gasteiger partial charge >= 0.3 is 6.09 Å². The zero-order valence-electron chi connectivity index (χ0n) is 14.3. The lowest BCUT2D eigenvalue weighted by molar-refractivity contribution is 0.0106. The Hall–Kier alpha value is -0.850. The van der Waals surface area contributed by atoms with Crippen LogP contribution in [0.15, 0.2) is 0 Å². The number of carbonyl (C=O) groups excluding carboxylic acids is 1. The Labute approximate surface area is 133 Å². The Kier molecular flexibility index (Phi) is 5.69. The first kappa shape index (κ1) is 17.5. The van der Waals surface area contributed by atoms with E-state index in [0.29, 0.717) is 0 Å². The molecule has 1 saturated heterocycles. The number of ether oxygens (including phenoxy) is 1. The summed E-state index contributed by atoms with van der Waals surface area (Å²) in [5.74, 6) is 0. The number of piperazine rings is 1. The molecule has 0 radical (unpaired) electrons. The van der Waals surface area contributed by atoms with Gasteiger partial charge in [-0.1, -0.05) is 0 Å². The van der Waals surface area contributed by atoms with Gasteiger partial charge in [-0.05, 0) is 47.1 Å². The van der Waals surface area contributed by atoms with Crippen LogP contribution in [0.2, 0.25) is 0 Å². The summed E-state index contributed by atoms with van der Waals surface area (Å²) in [6.45, 7) is 9.65. The van der Waals surface area contributed by atoms with Crippen molar-refractivity contribution in [1.29, 1.82) is 0 Å². The van der Waals surface area contributed by atoms with Crippen molar-refractivity contribution in [3.63, 3.8) is 0 Å². The second-order valence-corrected chi connectivity index (χ2v) is 7.63. The fourth-order valence-corrected chi connectivity index (χ4v) is 3.31. The third-order valence-corrected chi connectivity index (χ3v) is 4.50. The molecule has 22 heavy (non-hydrogen) atoms. The summed E-state index contributed by atoms with van der Waals surface area (Å²) in [6, 6.07) is 0.256. The maximum Gasteiger partial charge on any atom is 0.407 e. The predicted molar refractivity (Wildman–Crippen MR) is 85.9 cm³/mol. The normalized spacial score (nSPS) is 31.8. The molecule has 1 aliphatic carbocycles. The third-order valence-electron chi connectivity index (χ3n) is 4.50. The average Bonchev–Trinajstić information content (AvgIpc) is 2.40. The van der Waals surface area contributed by atoms with Crippen LogP contribution >= 0.6 is 0 Å². The van der Waals surface area contributed by atoms with Crippen LogP contribution in [0.25, 0.3) is 0 Å². The van der Waals surface area contributed by atoms with E-state index in [2.05, 4.69) is 22.2 Å². The summed E-state index contributed by atoms with van der Waals surface area (Å²) >= 11 is 0. The van der Waals surface area contributed by atoms with Crippen molar-refractivity contribution in [2.24, 2.45) is 0 Å². The van der Waals surface area contributed by atoms with Gasteiger partial charge in [0.1, 0.15) is 5.60 Å². The summed E-state index contributed by atoms with van der Waals surface area (Å²) < 4.78 is 5.38. The monoisotopic (exact) mass is 313 g/mol. The molecule has 1 heterocycles. The highest BCUT2D eigenvalue weighted by Crippen LogP contribution is 2.25. The molecule has 0 bridgehead atoms. The molecule has 0 aromatic carbocycles. The van der Waals surface area contributed by atoms with Gasteiger partial charge in [0, 0.05) is 38.3 Å². The predicted octanol–water partition coefficient (Wildman–Crippen LogP) is 1.04. The van der Waals surface area contributed by atoms with E-state index >= 15 is 0 Å². The lowest BCUT2D eigenvalue weighted by atomic mass is 9.87. The van der Waals surface area contributed by atoms with Gasteiger partial charge in [-0.25, -0.2) is 4.79 Å². The number of nitrogens with zero attached hydrogens (tertiary/aromatic N) is 2. The van der Waals surface area contributed by atoms with Crippen LogP contribution in [0, 0.1) is 0 Å². The number of alkyl carbamates (subject to hydrolysis) is 1. The number of hydrogen-bond donors (Lipinski definition) is 2. The Morgan fingerprint density at radius 3 is 2.41 bits per heavy atom. The van der Waals surface area contributed by atoms with Crippen LogP contribution in [0.3, 0.4) is 0 Å². The second-order valence-electron chi connectivity index (χ2n) is 7.63. The van der Waals surface area contributed by atoms with Gasteiger partial charge in [0.25, 0.3) is 0 Å². The maximum absolute atomic E-state index is 12.1. The molecule has 3 atom stereocenters. The van der Waals surface area contributed by atoms with Gasteiger partial charge in [0.2, 0.25) is 0 Å². The number of aliphatic hydroxyl groups excluding tert-OH is 1. The van der Waals surface area contributed by atoms with E-state index in [1.165, 1.54) is 0 Å². The third kappa shape index (κ3) is 5.11. The van der Waals surface area contributed by atoms with E-state index in [1.54, 1.807) is 0 Å². The lowest BCUT2D eigenvalue weighted by Gasteiger charge is -2.44. The summed E-state index contributed by atoms with van der Waals surface area (Å²) in [5.41, 5.74) is -0.485. The molecule has 2 aliphatic rings. The van der Waals surface area contributed by atoms with Crippen LogP contribution in [-0.2, 0) is 4.74 Å². The molecule has 6 heteroatoms. The smallest absolute Gasteiger partial charge is 0.407 e. The first-order valence-corrected chi connectivity index (χ1v) is 8.35. The molecule has 0 spiro atoms. The van der Waals surface area contributed by atoms with Crippen molar-refractivity contribution in [3.05, 3.63) is 0 Å². The highest BCUT2D eigenvalue weighted by molar-refractivity contribution is 5.68. The molecular formula is C16H31N3O3. The first-order valence-electron chi connectivity index (χ1n) is 8.35. The molecule has 1 saturated carbocycles. The van der Waals surface area contributed by atoms with Crippen LogP contribution in [0.5, 0.6) is 0 Å². The zero-order valence-corrected chi connectivity index (χ0v) is 14.3. The minimum absolute atomic E-state index is 0.0571. The molecule has 0 aromatic heterocycles. The quantitative estimate of drug-likeness (QED) is 0.797. The van der Waals surface area contributed by atoms with Crippen molar-refractivity contribution in [1.82, 2.24) is 15.1 Å². The highest BCUT2D eigenvalue weighted by atomic mass is 16.6. The number of rotatable bonds is 2. The molecule has 6 nitrogen and oxygen atoms in total. The molecule has 128 valence electrons. The van der Waals surface area contributed by atoms with Crippen molar-refractivity contribution in [2.45, 2.75) is 63.8 Å². The van der Waals surface area contributed by atoms with E-state index in [0.717, 1.165) is 45.4 Å². The average molecular weight is 313 g/mol. The van der Waals surface area contributed by atoms with E-state index in [-0.39, 0.29) is 24.3 Å². The van der Waals surface area contributed by atoms with E-state index in [1.807, 2.05) is 20.8 Å². The fourth-order valence-electron chi connectivity index (χ4n) is 3.31. The van der Waals surface area contributed by atoms with Gasteiger partial charge < -0.3 is 20.1 Å². The molecule has 0 aromatic rings. The number of amides is 1. The van der Waals surface area contributed by atoms with Crippen molar-refractivity contribution in [2.75, 3.05) is 33.2 Å². The number of nitrogens with one attached hydrogen (secondary N) is 1. The van der Waals surface area contributed by atoms with Crippen molar-refractivity contribution >= 4 is 6.09 Å². The van der Waals surface area contributed by atoms with Crippen molar-refractivity contribution in [3.8, 4) is 0 Å². The van der Waals surface area contributed by atoms with Gasteiger partial charge in [-0.2, -0.15) is 0 Å². The molecule has 3 unspecified atom stereocenters. The Bertz CT molecular complexity index is 375. The van der Waals surface area contributed by atoms with Crippen molar-refractivity contribution < 1.29 is 14.6 Å². The van der Waals surface area contributed by atoms with Gasteiger partial charge in [0.05, 0.1) is 6.10 Å². The zero-order chi connectivity index (χ0) is 16.3. The molecule has 1 aliphatic heterocycles. The SMILES string of the molecule is CN1CCN(C2CC(O)CCC2NC(=O)OC(C)(C)C)CC1. The van der Waals surface area contributed by atoms with E-state index < -0.39 is 5.60 Å². The first-order chi connectivity index (χ1) is 10.2. The van der Waals surface area contributed by atoms with Crippen LogP contribution < -0.4 is 5.32 Å². The topological polar surface area (TPSA) is 65.0 Å². The Morgan fingerprint density at radius 2 is 1.82 bits per heavy atom. The van der Waals surface area contributed by atoms with E-state index in [9.17, 15) is 9.90 Å². The molecule has 1 amide bonds. The van der Waals surface area contributed by atoms with E-state index in [4.69, 9.17) is 4.74 Å². The molecular weight excluding hydrogens is 282 g/mol. The minimum Gasteiger partial charge on any atom is -0.444 e. The number of hydrogen-bond acceptors (Lipinski definition) is 5. The largest absolute Gasteiger partial charge is 0.444 e. The maximum atomic E-state index is 12.1. The van der Waals surface area contributed by atoms with Crippen LogP contribution in [-0.4, -0.2) is 78.0 Å². The number of aliphatic hydroxyl groups is 1. The lowest BCUT2D eigenvalue weighted by Crippen LogP contribution is -2.59. The van der Waals surface area contributed by atoms with Gasteiger partial charge in [-0.3, -0.25) is 4.90 Å². The summed E-state index contributed by atoms with van der Waals surface area (Å²) in [7, 11) is 2.13. The van der Waals surface area contributed by atoms with Gasteiger partial charge in [0.15, 0.2) is 0 Å². The summed E-state index contributed by atoms with van der Waals surface area (Å²) in [4.78, 5) is 16.8. The number of likely N-dealkylation sites (N-methyl/N-ethyl adjacent to an activating group) is 1. The second kappa shape index (κ2) is 7.15. The van der Waals surface area contributed by atoms with Crippen LogP contribution in [0.4, 0.5) is 4.79 Å². The van der Waals surface area contributed by atoms with Gasteiger partial charge in [-0.15, -0.1) is 0 Å².